The van der Waals surface area contributed by atoms with Crippen LogP contribution in [-0.2, 0) is 0 Å². The molecule has 1 heterocycles. The lowest BCUT2D eigenvalue weighted by atomic mass is 10.1. The zero-order chi connectivity index (χ0) is 13.0. The zero-order valence-electron chi connectivity index (χ0n) is 10.4. The SMILES string of the molecule is COc1cc(N)cc(C(=O)NC2CCCSC2)c1. The van der Waals surface area contributed by atoms with Crippen LogP contribution in [0.4, 0.5) is 5.69 Å². The molecular formula is C13H18N2O2S. The van der Waals surface area contributed by atoms with Gasteiger partial charge < -0.3 is 15.8 Å². The Hall–Kier alpha value is -1.36. The van der Waals surface area contributed by atoms with Gasteiger partial charge in [0.05, 0.1) is 7.11 Å². The van der Waals surface area contributed by atoms with Crippen molar-refractivity contribution in [3.8, 4) is 5.75 Å². The molecule has 0 radical (unpaired) electrons. The molecule has 18 heavy (non-hydrogen) atoms. The molecule has 0 spiro atoms. The molecule has 0 bridgehead atoms. The fourth-order valence-electron chi connectivity index (χ4n) is 1.99. The van der Waals surface area contributed by atoms with Crippen LogP contribution in [0, 0.1) is 0 Å². The smallest absolute Gasteiger partial charge is 0.251 e. The highest BCUT2D eigenvalue weighted by atomic mass is 32.2. The quantitative estimate of drug-likeness (QED) is 0.820. The van der Waals surface area contributed by atoms with E-state index in [1.54, 1.807) is 25.3 Å². The first-order valence-electron chi connectivity index (χ1n) is 6.02. The summed E-state index contributed by atoms with van der Waals surface area (Å²) in [7, 11) is 1.56. The van der Waals surface area contributed by atoms with E-state index in [-0.39, 0.29) is 11.9 Å². The minimum absolute atomic E-state index is 0.0758. The minimum atomic E-state index is -0.0758. The second-order valence-corrected chi connectivity index (χ2v) is 5.53. The number of benzene rings is 1. The van der Waals surface area contributed by atoms with Gasteiger partial charge in [-0.25, -0.2) is 0 Å². The van der Waals surface area contributed by atoms with Crippen molar-refractivity contribution < 1.29 is 9.53 Å². The number of hydrogen-bond donors (Lipinski definition) is 2. The Balaban J connectivity index is 2.05. The maximum absolute atomic E-state index is 12.1. The molecule has 1 unspecified atom stereocenters. The van der Waals surface area contributed by atoms with Crippen LogP contribution in [0.1, 0.15) is 23.2 Å². The Morgan fingerprint density at radius 2 is 2.33 bits per heavy atom. The molecule has 3 N–H and O–H groups in total. The van der Waals surface area contributed by atoms with E-state index >= 15 is 0 Å². The van der Waals surface area contributed by atoms with Crippen LogP contribution >= 0.6 is 11.8 Å². The van der Waals surface area contributed by atoms with Crippen LogP contribution in [0.3, 0.4) is 0 Å². The largest absolute Gasteiger partial charge is 0.497 e. The summed E-state index contributed by atoms with van der Waals surface area (Å²) in [5.74, 6) is 2.72. The van der Waals surface area contributed by atoms with Crippen molar-refractivity contribution in [2.75, 3.05) is 24.3 Å². The first-order valence-corrected chi connectivity index (χ1v) is 7.17. The first-order chi connectivity index (χ1) is 8.69. The fraction of sp³-hybridized carbons (Fsp3) is 0.462. The molecule has 1 fully saturated rings. The summed E-state index contributed by atoms with van der Waals surface area (Å²) < 4.78 is 5.11. The van der Waals surface area contributed by atoms with Gasteiger partial charge in [-0.15, -0.1) is 0 Å². The summed E-state index contributed by atoms with van der Waals surface area (Å²) in [6.07, 6.45) is 2.22. The maximum Gasteiger partial charge on any atom is 0.251 e. The van der Waals surface area contributed by atoms with E-state index in [1.807, 2.05) is 11.8 Å². The standard InChI is InChI=1S/C13H18N2O2S/c1-17-12-6-9(5-10(14)7-12)13(16)15-11-3-2-4-18-8-11/h5-7,11H,2-4,8,14H2,1H3,(H,15,16). The van der Waals surface area contributed by atoms with Crippen LogP contribution in [-0.4, -0.2) is 30.6 Å². The molecule has 1 amide bonds. The highest BCUT2D eigenvalue weighted by molar-refractivity contribution is 7.99. The predicted molar refractivity (Wildman–Crippen MR) is 75.2 cm³/mol. The summed E-state index contributed by atoms with van der Waals surface area (Å²) in [4.78, 5) is 12.1. The predicted octanol–water partition coefficient (Wildman–Crippen LogP) is 1.90. The number of nitrogens with two attached hydrogens (primary N) is 1. The monoisotopic (exact) mass is 266 g/mol. The first kappa shape index (κ1) is 13.1. The number of nitrogens with one attached hydrogen (secondary N) is 1. The number of methoxy groups -OCH3 is 1. The highest BCUT2D eigenvalue weighted by Gasteiger charge is 2.17. The topological polar surface area (TPSA) is 64.3 Å². The molecule has 1 aromatic rings. The van der Waals surface area contributed by atoms with Crippen molar-refractivity contribution in [2.24, 2.45) is 0 Å². The third kappa shape index (κ3) is 3.32. The summed E-state index contributed by atoms with van der Waals surface area (Å²) >= 11 is 1.89. The van der Waals surface area contributed by atoms with Crippen molar-refractivity contribution in [3.05, 3.63) is 23.8 Å². The van der Waals surface area contributed by atoms with Crippen LogP contribution in [0.2, 0.25) is 0 Å². The number of hydrogen-bond acceptors (Lipinski definition) is 4. The van der Waals surface area contributed by atoms with Gasteiger partial charge in [-0.05, 0) is 30.7 Å². The van der Waals surface area contributed by atoms with Gasteiger partial charge in [0.1, 0.15) is 5.75 Å². The van der Waals surface area contributed by atoms with Gasteiger partial charge in [-0.1, -0.05) is 0 Å². The molecule has 0 saturated carbocycles. The van der Waals surface area contributed by atoms with E-state index in [0.717, 1.165) is 18.6 Å². The second-order valence-electron chi connectivity index (χ2n) is 4.38. The zero-order valence-corrected chi connectivity index (χ0v) is 11.3. The molecule has 1 saturated heterocycles. The minimum Gasteiger partial charge on any atom is -0.497 e. The van der Waals surface area contributed by atoms with Crippen molar-refractivity contribution in [2.45, 2.75) is 18.9 Å². The second kappa shape index (κ2) is 6.00. The van der Waals surface area contributed by atoms with E-state index in [0.29, 0.717) is 17.0 Å². The van der Waals surface area contributed by atoms with Crippen LogP contribution in [0.25, 0.3) is 0 Å². The number of carbonyl (C=O) groups is 1. The van der Waals surface area contributed by atoms with Gasteiger partial charge >= 0.3 is 0 Å². The van der Waals surface area contributed by atoms with Crippen molar-refractivity contribution in [3.63, 3.8) is 0 Å². The van der Waals surface area contributed by atoms with Crippen molar-refractivity contribution >= 4 is 23.4 Å². The average Bonchev–Trinajstić information content (AvgIpc) is 2.39. The molecule has 1 aliphatic heterocycles. The van der Waals surface area contributed by atoms with Gasteiger partial charge in [-0.2, -0.15) is 11.8 Å². The molecular weight excluding hydrogens is 248 g/mol. The third-order valence-electron chi connectivity index (χ3n) is 2.92. The number of ether oxygens (including phenoxy) is 1. The Kier molecular flexibility index (Phi) is 4.36. The van der Waals surface area contributed by atoms with E-state index in [9.17, 15) is 4.79 Å². The fourth-order valence-corrected chi connectivity index (χ4v) is 3.07. The Morgan fingerprint density at radius 3 is 3.00 bits per heavy atom. The summed E-state index contributed by atoms with van der Waals surface area (Å²) in [5.41, 5.74) is 6.84. The summed E-state index contributed by atoms with van der Waals surface area (Å²) in [5, 5.41) is 3.04. The van der Waals surface area contributed by atoms with Gasteiger partial charge in [0, 0.05) is 29.1 Å². The third-order valence-corrected chi connectivity index (χ3v) is 4.14. The lowest BCUT2D eigenvalue weighted by molar-refractivity contribution is 0.0938. The number of carbonyl (C=O) groups excluding carboxylic acids is 1. The molecule has 4 nitrogen and oxygen atoms in total. The van der Waals surface area contributed by atoms with E-state index < -0.39 is 0 Å². The summed E-state index contributed by atoms with van der Waals surface area (Å²) in [6.45, 7) is 0. The Morgan fingerprint density at radius 1 is 1.50 bits per heavy atom. The molecule has 5 heteroatoms. The highest BCUT2D eigenvalue weighted by Crippen LogP contribution is 2.20. The van der Waals surface area contributed by atoms with Gasteiger partial charge in [0.2, 0.25) is 0 Å². The van der Waals surface area contributed by atoms with Crippen LogP contribution < -0.4 is 15.8 Å². The number of nitrogen functional groups attached to an aromatic ring is 1. The van der Waals surface area contributed by atoms with E-state index in [4.69, 9.17) is 10.5 Å². The lowest BCUT2D eigenvalue weighted by Crippen LogP contribution is -2.38. The molecule has 0 aromatic heterocycles. The number of rotatable bonds is 3. The van der Waals surface area contributed by atoms with E-state index in [1.165, 1.54) is 5.75 Å². The van der Waals surface area contributed by atoms with Crippen molar-refractivity contribution in [1.29, 1.82) is 0 Å². The van der Waals surface area contributed by atoms with Gasteiger partial charge in [0.15, 0.2) is 0 Å². The Labute approximate surface area is 111 Å². The number of anilines is 1. The van der Waals surface area contributed by atoms with Gasteiger partial charge in [0.25, 0.3) is 5.91 Å². The van der Waals surface area contributed by atoms with Gasteiger partial charge in [-0.3, -0.25) is 4.79 Å². The molecule has 98 valence electrons. The molecule has 1 atom stereocenters. The number of thioether (sulfide) groups is 1. The molecule has 2 rings (SSSR count). The van der Waals surface area contributed by atoms with Crippen LogP contribution in [0.15, 0.2) is 18.2 Å². The molecule has 0 aliphatic carbocycles. The normalized spacial score (nSPS) is 19.3. The molecule has 1 aliphatic rings. The lowest BCUT2D eigenvalue weighted by Gasteiger charge is -2.22. The number of amides is 1. The average molecular weight is 266 g/mol. The van der Waals surface area contributed by atoms with Crippen LogP contribution in [0.5, 0.6) is 5.75 Å². The summed E-state index contributed by atoms with van der Waals surface area (Å²) in [6, 6.07) is 5.35. The maximum atomic E-state index is 12.1. The molecule has 1 aromatic carbocycles. The Bertz CT molecular complexity index is 431. The van der Waals surface area contributed by atoms with E-state index in [2.05, 4.69) is 5.32 Å². The van der Waals surface area contributed by atoms with Crippen molar-refractivity contribution in [1.82, 2.24) is 5.32 Å².